The van der Waals surface area contributed by atoms with Crippen molar-refractivity contribution < 1.29 is 14.0 Å². The van der Waals surface area contributed by atoms with E-state index < -0.39 is 11.4 Å². The first kappa shape index (κ1) is 23.9. The molecule has 0 bridgehead atoms. The molecule has 2 aromatic carbocycles. The lowest BCUT2D eigenvalue weighted by Gasteiger charge is -2.38. The molecule has 3 heterocycles. The highest BCUT2D eigenvalue weighted by molar-refractivity contribution is 6.30. The van der Waals surface area contributed by atoms with Gasteiger partial charge in [-0.1, -0.05) is 55.8 Å². The molecular formula is C29H28ClN3O3. The molecule has 0 radical (unpaired) electrons. The maximum Gasteiger partial charge on any atom is 0.247 e. The number of unbranched alkanes of at least 4 members (excludes halogenated alkanes) is 1. The predicted molar refractivity (Wildman–Crippen MR) is 140 cm³/mol. The fraction of sp³-hybridized carbons (Fsp3) is 0.241. The highest BCUT2D eigenvalue weighted by Crippen LogP contribution is 2.42. The molecule has 36 heavy (non-hydrogen) atoms. The number of rotatable bonds is 8. The van der Waals surface area contributed by atoms with Gasteiger partial charge < -0.3 is 13.9 Å². The first-order chi connectivity index (χ1) is 17.6. The minimum atomic E-state index is -0.859. The van der Waals surface area contributed by atoms with E-state index in [1.807, 2.05) is 85.1 Å². The summed E-state index contributed by atoms with van der Waals surface area (Å²) in [5.74, 6) is 0.189. The third-order valence-corrected chi connectivity index (χ3v) is 6.97. The summed E-state index contributed by atoms with van der Waals surface area (Å²) < 4.78 is 7.88. The Kier molecular flexibility index (Phi) is 6.96. The number of alkyl halides is 1. The van der Waals surface area contributed by atoms with Gasteiger partial charge in [0.2, 0.25) is 11.8 Å². The van der Waals surface area contributed by atoms with E-state index in [-0.39, 0.29) is 18.4 Å². The number of hydrogen-bond donors (Lipinski definition) is 0. The van der Waals surface area contributed by atoms with Crippen LogP contribution < -0.4 is 4.90 Å². The number of hydrogen-bond acceptors (Lipinski definition) is 3. The molecule has 2 aromatic heterocycles. The standard InChI is InChI=1S/C29H28ClN3O3/c1-2-3-17-31(29(35)27(30)21-11-5-4-6-12-21)20-26(34)33-23-14-8-7-13-22(23)32-18-9-15-24(32)28(33)25-16-10-19-36-25/h4-16,18-19,27-28H,2-3,17,20H2,1H3. The lowest BCUT2D eigenvalue weighted by Crippen LogP contribution is -2.47. The van der Waals surface area contributed by atoms with E-state index >= 15 is 0 Å². The SMILES string of the molecule is CCCCN(CC(=O)N1c2ccccc2-n2cccc2C1c1ccco1)C(=O)C(Cl)c1ccccc1. The summed E-state index contributed by atoms with van der Waals surface area (Å²) in [6, 6.07) is 24.2. The molecule has 2 atom stereocenters. The Morgan fingerprint density at radius 2 is 1.72 bits per heavy atom. The maximum atomic E-state index is 14.1. The van der Waals surface area contributed by atoms with Gasteiger partial charge in [0.25, 0.3) is 0 Å². The van der Waals surface area contributed by atoms with Crippen molar-refractivity contribution in [2.45, 2.75) is 31.2 Å². The molecule has 184 valence electrons. The van der Waals surface area contributed by atoms with Crippen LogP contribution in [0.1, 0.15) is 48.2 Å². The van der Waals surface area contributed by atoms with E-state index in [2.05, 4.69) is 11.5 Å². The summed E-state index contributed by atoms with van der Waals surface area (Å²) in [4.78, 5) is 30.9. The average molecular weight is 502 g/mol. The van der Waals surface area contributed by atoms with Crippen LogP contribution in [0.4, 0.5) is 5.69 Å². The lowest BCUT2D eigenvalue weighted by molar-refractivity contribution is -0.135. The van der Waals surface area contributed by atoms with Crippen molar-refractivity contribution in [2.24, 2.45) is 0 Å². The number of carbonyl (C=O) groups is 2. The minimum absolute atomic E-state index is 0.0822. The molecule has 6 nitrogen and oxygen atoms in total. The van der Waals surface area contributed by atoms with Crippen LogP contribution in [-0.2, 0) is 9.59 Å². The predicted octanol–water partition coefficient (Wildman–Crippen LogP) is 6.12. The maximum absolute atomic E-state index is 14.1. The molecule has 0 N–H and O–H groups in total. The van der Waals surface area contributed by atoms with Gasteiger partial charge in [-0.05, 0) is 48.4 Å². The number of anilines is 1. The Bertz CT molecular complexity index is 1330. The average Bonchev–Trinajstić information content (AvgIpc) is 3.63. The van der Waals surface area contributed by atoms with Crippen LogP contribution in [0, 0.1) is 0 Å². The number of aromatic nitrogens is 1. The number of amides is 2. The molecule has 0 fully saturated rings. The fourth-order valence-corrected chi connectivity index (χ4v) is 5.04. The summed E-state index contributed by atoms with van der Waals surface area (Å²) in [6.07, 6.45) is 5.27. The van der Waals surface area contributed by atoms with E-state index in [4.69, 9.17) is 16.0 Å². The van der Waals surface area contributed by atoms with Crippen molar-refractivity contribution in [3.05, 3.63) is 108 Å². The van der Waals surface area contributed by atoms with Crippen molar-refractivity contribution in [3.63, 3.8) is 0 Å². The van der Waals surface area contributed by atoms with Gasteiger partial charge in [0, 0.05) is 12.7 Å². The van der Waals surface area contributed by atoms with Gasteiger partial charge in [0.1, 0.15) is 23.7 Å². The van der Waals surface area contributed by atoms with E-state index in [1.54, 1.807) is 16.1 Å². The molecule has 2 amide bonds. The highest BCUT2D eigenvalue weighted by Gasteiger charge is 2.38. The normalized spacial score (nSPS) is 15.2. The Balaban J connectivity index is 1.50. The fourth-order valence-electron chi connectivity index (χ4n) is 4.76. The summed E-state index contributed by atoms with van der Waals surface area (Å²) in [5.41, 5.74) is 3.30. The van der Waals surface area contributed by atoms with Crippen LogP contribution in [-0.4, -0.2) is 34.4 Å². The van der Waals surface area contributed by atoms with Crippen LogP contribution in [0.25, 0.3) is 5.69 Å². The van der Waals surface area contributed by atoms with Gasteiger partial charge in [-0.25, -0.2) is 0 Å². The molecule has 2 unspecified atom stereocenters. The van der Waals surface area contributed by atoms with Crippen LogP contribution >= 0.6 is 11.6 Å². The molecular weight excluding hydrogens is 474 g/mol. The zero-order valence-electron chi connectivity index (χ0n) is 20.1. The molecule has 7 heteroatoms. The first-order valence-electron chi connectivity index (χ1n) is 12.2. The molecule has 0 spiro atoms. The number of para-hydroxylation sites is 2. The van der Waals surface area contributed by atoms with Gasteiger partial charge in [0.15, 0.2) is 0 Å². The smallest absolute Gasteiger partial charge is 0.247 e. The van der Waals surface area contributed by atoms with Crippen LogP contribution in [0.2, 0.25) is 0 Å². The lowest BCUT2D eigenvalue weighted by atomic mass is 10.0. The number of furan rings is 1. The zero-order valence-corrected chi connectivity index (χ0v) is 20.8. The van der Waals surface area contributed by atoms with Gasteiger partial charge in [-0.3, -0.25) is 14.5 Å². The second-order valence-electron chi connectivity index (χ2n) is 8.86. The quantitative estimate of drug-likeness (QED) is 0.273. The first-order valence-corrected chi connectivity index (χ1v) is 12.6. The van der Waals surface area contributed by atoms with Crippen LogP contribution in [0.3, 0.4) is 0 Å². The monoisotopic (exact) mass is 501 g/mol. The molecule has 4 aromatic rings. The van der Waals surface area contributed by atoms with E-state index in [0.717, 1.165) is 29.9 Å². The van der Waals surface area contributed by atoms with Crippen molar-refractivity contribution >= 4 is 29.1 Å². The number of carbonyl (C=O) groups excluding carboxylic acids is 2. The zero-order chi connectivity index (χ0) is 25.1. The molecule has 0 saturated carbocycles. The molecule has 5 rings (SSSR count). The van der Waals surface area contributed by atoms with E-state index in [1.165, 1.54) is 0 Å². The highest BCUT2D eigenvalue weighted by atomic mass is 35.5. The number of halogens is 1. The molecule has 0 aliphatic carbocycles. The summed E-state index contributed by atoms with van der Waals surface area (Å²) in [5, 5.41) is -0.859. The second kappa shape index (κ2) is 10.5. The largest absolute Gasteiger partial charge is 0.467 e. The Hall–Kier alpha value is -3.77. The topological polar surface area (TPSA) is 58.7 Å². The molecule has 1 aliphatic rings. The third-order valence-electron chi connectivity index (χ3n) is 6.53. The van der Waals surface area contributed by atoms with Crippen LogP contribution in [0.15, 0.2) is 95.7 Å². The van der Waals surface area contributed by atoms with Crippen molar-refractivity contribution in [1.29, 1.82) is 0 Å². The van der Waals surface area contributed by atoms with Crippen molar-refractivity contribution in [3.8, 4) is 5.69 Å². The van der Waals surface area contributed by atoms with Gasteiger partial charge in [-0.15, -0.1) is 11.6 Å². The number of benzene rings is 2. The summed E-state index contributed by atoms with van der Waals surface area (Å²) >= 11 is 6.61. The van der Waals surface area contributed by atoms with E-state index in [9.17, 15) is 9.59 Å². The van der Waals surface area contributed by atoms with Crippen molar-refractivity contribution in [2.75, 3.05) is 18.0 Å². The van der Waals surface area contributed by atoms with E-state index in [0.29, 0.717) is 17.9 Å². The Morgan fingerprint density at radius 3 is 2.44 bits per heavy atom. The van der Waals surface area contributed by atoms with Gasteiger partial charge >= 0.3 is 0 Å². The van der Waals surface area contributed by atoms with Crippen LogP contribution in [0.5, 0.6) is 0 Å². The number of nitrogens with zero attached hydrogens (tertiary/aromatic N) is 3. The van der Waals surface area contributed by atoms with Crippen molar-refractivity contribution in [1.82, 2.24) is 9.47 Å². The Morgan fingerprint density at radius 1 is 0.972 bits per heavy atom. The number of fused-ring (bicyclic) bond motifs is 3. The third kappa shape index (κ3) is 4.44. The minimum Gasteiger partial charge on any atom is -0.467 e. The Labute approximate surface area is 215 Å². The molecule has 0 saturated heterocycles. The second-order valence-corrected chi connectivity index (χ2v) is 9.30. The molecule has 1 aliphatic heterocycles. The van der Waals surface area contributed by atoms with Gasteiger partial charge in [-0.2, -0.15) is 0 Å². The summed E-state index contributed by atoms with van der Waals surface area (Å²) in [6.45, 7) is 2.43. The van der Waals surface area contributed by atoms with Gasteiger partial charge in [0.05, 0.1) is 23.3 Å². The summed E-state index contributed by atoms with van der Waals surface area (Å²) in [7, 11) is 0.